The smallest absolute Gasteiger partial charge is 0.239 e. The molecule has 3 aromatic heterocycles. The van der Waals surface area contributed by atoms with E-state index in [1.165, 1.54) is 12.3 Å². The van der Waals surface area contributed by atoms with Gasteiger partial charge in [0.1, 0.15) is 18.2 Å². The molecule has 0 unspecified atom stereocenters. The van der Waals surface area contributed by atoms with Gasteiger partial charge in [0.15, 0.2) is 0 Å². The molecule has 0 saturated carbocycles. The van der Waals surface area contributed by atoms with Crippen LogP contribution < -0.4 is 9.46 Å². The predicted octanol–water partition coefficient (Wildman–Crippen LogP) is 8.55. The summed E-state index contributed by atoms with van der Waals surface area (Å²) in [5, 5.41) is 2.04. The lowest BCUT2D eigenvalue weighted by atomic mass is 9.87. The van der Waals surface area contributed by atoms with Crippen molar-refractivity contribution in [3.05, 3.63) is 120 Å². The van der Waals surface area contributed by atoms with E-state index >= 15 is 0 Å². The van der Waals surface area contributed by atoms with Gasteiger partial charge < -0.3 is 9.30 Å². The van der Waals surface area contributed by atoms with E-state index in [2.05, 4.69) is 35.0 Å². The highest BCUT2D eigenvalue weighted by atomic mass is 32.2. The van der Waals surface area contributed by atoms with Gasteiger partial charge in [-0.05, 0) is 48.0 Å². The molecule has 0 radical (unpaired) electrons. The first-order chi connectivity index (χ1) is 24.0. The normalized spacial score (nSPS) is 12.4. The van der Waals surface area contributed by atoms with Crippen LogP contribution in [0.4, 0.5) is 4.39 Å². The number of para-hydroxylation sites is 1. The summed E-state index contributed by atoms with van der Waals surface area (Å²) in [7, 11) is -3.76. The van der Waals surface area contributed by atoms with E-state index in [1.54, 1.807) is 31.7 Å². The number of halogens is 1. The van der Waals surface area contributed by atoms with Crippen molar-refractivity contribution in [3.8, 4) is 17.0 Å². The number of hydrogen-bond acceptors (Lipinski definition) is 7. The molecule has 0 saturated heterocycles. The minimum absolute atomic E-state index is 0.192. The van der Waals surface area contributed by atoms with Crippen molar-refractivity contribution < 1.29 is 22.3 Å². The van der Waals surface area contributed by atoms with Crippen LogP contribution in [0.1, 0.15) is 51.6 Å². The van der Waals surface area contributed by atoms with Crippen molar-refractivity contribution in [2.45, 2.75) is 63.8 Å². The third kappa shape index (κ3) is 8.77. The third-order valence-corrected chi connectivity index (χ3v) is 10.2. The summed E-state index contributed by atoms with van der Waals surface area (Å²) in [5.41, 5.74) is 5.06. The van der Waals surface area contributed by atoms with Gasteiger partial charge >= 0.3 is 0 Å². The second-order valence-corrected chi connectivity index (χ2v) is 17.9. The quantitative estimate of drug-likeness (QED) is 0.134. The van der Waals surface area contributed by atoms with Gasteiger partial charge in [0.2, 0.25) is 15.9 Å². The standard InChI is InChI=1S/C40H41FN4O4S2/c1-39(2,3)50-37-32-21-31(49-25-30-17-15-27-9-7-8-10-34(27)43-30)18-20-35(32)45(36(37)22-40(4,5)38(46)44-51(6,47)48)24-26-11-13-28(14-12-26)33-19-16-29(41)23-42-33/h7-21,23H,22,24-25H2,1-6H3,(H,44,46). The maximum absolute atomic E-state index is 13.5. The molecular formula is C40H41FN4O4S2. The Balaban J connectivity index is 1.42. The van der Waals surface area contributed by atoms with Gasteiger partial charge in [-0.3, -0.25) is 14.5 Å². The topological polar surface area (TPSA) is 103 Å². The van der Waals surface area contributed by atoms with E-state index in [0.717, 1.165) is 55.5 Å². The van der Waals surface area contributed by atoms with Crippen molar-refractivity contribution in [1.29, 1.82) is 0 Å². The molecule has 0 atom stereocenters. The first-order valence-electron chi connectivity index (χ1n) is 16.6. The Labute approximate surface area is 302 Å². The van der Waals surface area contributed by atoms with Crippen molar-refractivity contribution in [2.24, 2.45) is 5.41 Å². The van der Waals surface area contributed by atoms with Crippen LogP contribution >= 0.6 is 11.8 Å². The highest BCUT2D eigenvalue weighted by Gasteiger charge is 2.34. The molecule has 0 aliphatic rings. The average Bonchev–Trinajstić information content (AvgIpc) is 3.32. The number of pyridine rings is 2. The van der Waals surface area contributed by atoms with Gasteiger partial charge in [-0.2, -0.15) is 0 Å². The number of rotatable bonds is 11. The Morgan fingerprint density at radius 2 is 1.69 bits per heavy atom. The number of thioether (sulfide) groups is 1. The molecule has 8 nitrogen and oxygen atoms in total. The minimum Gasteiger partial charge on any atom is -0.487 e. The summed E-state index contributed by atoms with van der Waals surface area (Å²) in [6.45, 7) is 10.7. The molecule has 264 valence electrons. The van der Waals surface area contributed by atoms with Gasteiger partial charge in [-0.25, -0.2) is 17.8 Å². The van der Waals surface area contributed by atoms with Crippen LogP contribution in [0.25, 0.3) is 33.1 Å². The number of ether oxygens (including phenoxy) is 1. The van der Waals surface area contributed by atoms with Gasteiger partial charge in [-0.15, -0.1) is 11.8 Å². The fourth-order valence-corrected chi connectivity index (χ4v) is 7.68. The van der Waals surface area contributed by atoms with Crippen molar-refractivity contribution >= 4 is 49.5 Å². The van der Waals surface area contributed by atoms with E-state index < -0.39 is 27.2 Å². The molecule has 1 amide bonds. The molecular weight excluding hydrogens is 684 g/mol. The number of amides is 1. The van der Waals surface area contributed by atoms with Crippen LogP contribution in [-0.4, -0.2) is 39.9 Å². The molecule has 6 aromatic rings. The SMILES string of the molecule is CC(C)(C)Sc1c(CC(C)(C)C(=O)NS(C)(=O)=O)n(Cc2ccc(-c3ccc(F)cn3)cc2)c2ccc(OCc3ccc4ccccc4n3)cc12. The fourth-order valence-electron chi connectivity index (χ4n) is 5.88. The lowest BCUT2D eigenvalue weighted by Crippen LogP contribution is -2.41. The Bertz CT molecular complexity index is 2330. The second kappa shape index (κ2) is 14.1. The molecule has 3 heterocycles. The van der Waals surface area contributed by atoms with Gasteiger partial charge in [-0.1, -0.05) is 83.1 Å². The summed E-state index contributed by atoms with van der Waals surface area (Å²) >= 11 is 1.70. The molecule has 0 fully saturated rings. The summed E-state index contributed by atoms with van der Waals surface area (Å²) in [4.78, 5) is 23.3. The van der Waals surface area contributed by atoms with E-state index in [9.17, 15) is 17.6 Å². The molecule has 51 heavy (non-hydrogen) atoms. The van der Waals surface area contributed by atoms with Crippen LogP contribution in [0.15, 0.2) is 102 Å². The summed E-state index contributed by atoms with van der Waals surface area (Å²) in [6.07, 6.45) is 2.46. The maximum Gasteiger partial charge on any atom is 0.239 e. The van der Waals surface area contributed by atoms with Gasteiger partial charge in [0.05, 0.1) is 34.8 Å². The van der Waals surface area contributed by atoms with Crippen molar-refractivity contribution in [2.75, 3.05) is 6.26 Å². The Hall–Kier alpha value is -4.74. The number of fused-ring (bicyclic) bond motifs is 2. The van der Waals surface area contributed by atoms with E-state index in [4.69, 9.17) is 9.72 Å². The number of nitrogens with zero attached hydrogens (tertiary/aromatic N) is 3. The summed E-state index contributed by atoms with van der Waals surface area (Å²) in [5.74, 6) is -0.280. The molecule has 0 aliphatic heterocycles. The molecule has 3 aromatic carbocycles. The lowest BCUT2D eigenvalue weighted by molar-refractivity contribution is -0.127. The number of benzene rings is 3. The second-order valence-electron chi connectivity index (χ2n) is 14.4. The van der Waals surface area contributed by atoms with Gasteiger partial charge in [0, 0.05) is 50.2 Å². The highest BCUT2D eigenvalue weighted by molar-refractivity contribution is 8.00. The third-order valence-electron chi connectivity index (χ3n) is 8.36. The summed E-state index contributed by atoms with van der Waals surface area (Å²) in [6, 6.07) is 29.0. The number of carbonyl (C=O) groups excluding carboxylic acids is 1. The van der Waals surface area contributed by atoms with Crippen LogP contribution in [0.5, 0.6) is 5.75 Å². The molecule has 0 bridgehead atoms. The Morgan fingerprint density at radius 3 is 2.37 bits per heavy atom. The first kappa shape index (κ1) is 36.1. The zero-order valence-electron chi connectivity index (χ0n) is 29.5. The largest absolute Gasteiger partial charge is 0.487 e. The number of aromatic nitrogens is 3. The molecule has 11 heteroatoms. The van der Waals surface area contributed by atoms with Crippen LogP contribution in [0, 0.1) is 11.2 Å². The lowest BCUT2D eigenvalue weighted by Gasteiger charge is -2.26. The first-order valence-corrected chi connectivity index (χ1v) is 19.3. The minimum atomic E-state index is -3.76. The van der Waals surface area contributed by atoms with E-state index in [-0.39, 0.29) is 11.2 Å². The Morgan fingerprint density at radius 1 is 0.941 bits per heavy atom. The predicted molar refractivity (Wildman–Crippen MR) is 203 cm³/mol. The maximum atomic E-state index is 13.5. The van der Waals surface area contributed by atoms with E-state index in [0.29, 0.717) is 24.6 Å². The molecule has 0 spiro atoms. The fraction of sp³-hybridized carbons (Fsp3) is 0.275. The Kier molecular flexibility index (Phi) is 9.98. The molecule has 0 aliphatic carbocycles. The average molecular weight is 725 g/mol. The van der Waals surface area contributed by atoms with Gasteiger partial charge in [0.25, 0.3) is 0 Å². The molecule has 1 N–H and O–H groups in total. The number of carbonyl (C=O) groups is 1. The number of sulfonamides is 1. The number of hydrogen-bond donors (Lipinski definition) is 1. The van der Waals surface area contributed by atoms with E-state index in [1.807, 2.05) is 78.9 Å². The molecule has 6 rings (SSSR count). The van der Waals surface area contributed by atoms with Crippen LogP contribution in [-0.2, 0) is 34.4 Å². The summed E-state index contributed by atoms with van der Waals surface area (Å²) < 4.78 is 48.2. The van der Waals surface area contributed by atoms with Crippen LogP contribution in [0.2, 0.25) is 0 Å². The van der Waals surface area contributed by atoms with Crippen molar-refractivity contribution in [3.63, 3.8) is 0 Å². The van der Waals surface area contributed by atoms with Crippen molar-refractivity contribution in [1.82, 2.24) is 19.3 Å². The monoisotopic (exact) mass is 724 g/mol. The number of nitrogens with one attached hydrogen (secondary N) is 1. The zero-order valence-corrected chi connectivity index (χ0v) is 31.2. The zero-order chi connectivity index (χ0) is 36.6. The highest BCUT2D eigenvalue weighted by Crippen LogP contribution is 2.44. The van der Waals surface area contributed by atoms with Crippen LogP contribution in [0.3, 0.4) is 0 Å².